The molecule has 12 nitrogen and oxygen atoms in total. The smallest absolute Gasteiger partial charge is 0.332 e. The molecule has 0 aromatic heterocycles. The van der Waals surface area contributed by atoms with E-state index in [1.54, 1.807) is 72.8 Å². The lowest BCUT2D eigenvalue weighted by atomic mass is 9.98. The lowest BCUT2D eigenvalue weighted by molar-refractivity contribution is -0.142. The number of ether oxygens (including phenoxy) is 2. The van der Waals surface area contributed by atoms with E-state index in [0.717, 1.165) is 44.7 Å². The van der Waals surface area contributed by atoms with Crippen molar-refractivity contribution < 1.29 is 35.9 Å². The standard InChI is InChI=1S/C30H28N2O4S.C16H15NO2.C14H13NO2S/c1-22-18-20-26(21-19-22)37(34,35)32-28(25-16-10-5-11-17-25)29(30(33)36-2)31-27(23-12-6-3-7-13-23)24-14-8-4-9-15-24;1-19-15(18)12-17-16(13-8-4-2-5-9-13)14-10-6-3-7-11-14;1-12-7-9-14(10-8-12)18(16,17)15-11-13-5-3-2-4-6-13/h3-21,28-29,32H,1-2H3;2-11H,12H2,1H3;2-11H,1H3. The van der Waals surface area contributed by atoms with E-state index < -0.39 is 38.1 Å². The zero-order chi connectivity index (χ0) is 52.8. The van der Waals surface area contributed by atoms with Crippen molar-refractivity contribution in [3.8, 4) is 0 Å². The number of benzene rings is 8. The molecule has 2 unspecified atom stereocenters. The van der Waals surface area contributed by atoms with Crippen molar-refractivity contribution in [2.24, 2.45) is 14.4 Å². The number of hydrogen-bond acceptors (Lipinski definition) is 10. The Kier molecular flexibility index (Phi) is 20.3. The lowest BCUT2D eigenvalue weighted by Gasteiger charge is -2.25. The van der Waals surface area contributed by atoms with Crippen LogP contribution in [0.5, 0.6) is 0 Å². The fourth-order valence-electron chi connectivity index (χ4n) is 7.15. The summed E-state index contributed by atoms with van der Waals surface area (Å²) in [5, 5.41) is 0. The summed E-state index contributed by atoms with van der Waals surface area (Å²) >= 11 is 0. The summed E-state index contributed by atoms with van der Waals surface area (Å²) < 4.78 is 66.9. The van der Waals surface area contributed by atoms with Gasteiger partial charge in [-0.15, -0.1) is 0 Å². The quantitative estimate of drug-likeness (QED) is 0.0736. The van der Waals surface area contributed by atoms with Gasteiger partial charge in [0, 0.05) is 28.5 Å². The maximum Gasteiger partial charge on any atom is 0.332 e. The van der Waals surface area contributed by atoms with Crippen LogP contribution in [0.25, 0.3) is 0 Å². The van der Waals surface area contributed by atoms with Gasteiger partial charge in [-0.3, -0.25) is 14.8 Å². The van der Waals surface area contributed by atoms with Crippen LogP contribution < -0.4 is 4.72 Å². The van der Waals surface area contributed by atoms with E-state index in [1.165, 1.54) is 32.6 Å². The Morgan fingerprint density at radius 1 is 0.500 bits per heavy atom. The second-order valence-corrected chi connectivity index (χ2v) is 19.8. The highest BCUT2D eigenvalue weighted by Gasteiger charge is 2.35. The average Bonchev–Trinajstić information content (AvgIpc) is 3.44. The molecule has 0 fully saturated rings. The molecule has 14 heteroatoms. The molecule has 376 valence electrons. The Hall–Kier alpha value is -8.43. The SMILES string of the molecule is COC(=O)C(N=C(c1ccccc1)c1ccccc1)C(NS(=O)(=O)c1ccc(C)cc1)c1ccccc1.COC(=O)CN=C(c1ccccc1)c1ccccc1.Cc1ccc(S(=O)(=O)N=Cc2ccccc2)cc1. The van der Waals surface area contributed by atoms with E-state index >= 15 is 0 Å². The number of nitrogens with one attached hydrogen (secondary N) is 1. The molecule has 0 aliphatic carbocycles. The second kappa shape index (κ2) is 27.4. The number of carbonyl (C=O) groups is 2. The van der Waals surface area contributed by atoms with Crippen LogP contribution >= 0.6 is 0 Å². The van der Waals surface area contributed by atoms with Gasteiger partial charge in [-0.2, -0.15) is 12.8 Å². The molecule has 0 radical (unpaired) electrons. The number of aryl methyl sites for hydroxylation is 2. The third-order valence-corrected chi connectivity index (χ3v) is 13.7. The molecule has 0 heterocycles. The normalized spacial score (nSPS) is 11.8. The minimum absolute atomic E-state index is 0.0234. The van der Waals surface area contributed by atoms with Crippen LogP contribution in [0.15, 0.2) is 255 Å². The molecule has 2 atom stereocenters. The Morgan fingerprint density at radius 3 is 1.31 bits per heavy atom. The maximum absolute atomic E-state index is 13.5. The van der Waals surface area contributed by atoms with E-state index in [9.17, 15) is 26.4 Å². The number of methoxy groups -OCH3 is 2. The predicted molar refractivity (Wildman–Crippen MR) is 293 cm³/mol. The van der Waals surface area contributed by atoms with Gasteiger partial charge < -0.3 is 9.47 Å². The van der Waals surface area contributed by atoms with E-state index in [1.807, 2.05) is 159 Å². The van der Waals surface area contributed by atoms with Gasteiger partial charge in [0.1, 0.15) is 6.54 Å². The van der Waals surface area contributed by atoms with Crippen LogP contribution in [0.2, 0.25) is 0 Å². The highest BCUT2D eigenvalue weighted by Crippen LogP contribution is 2.26. The third kappa shape index (κ3) is 16.3. The molecule has 1 N–H and O–H groups in total. The number of rotatable bonds is 16. The first kappa shape index (κ1) is 54.9. The highest BCUT2D eigenvalue weighted by atomic mass is 32.2. The largest absolute Gasteiger partial charge is 0.468 e. The van der Waals surface area contributed by atoms with Gasteiger partial charge in [-0.05, 0) is 49.2 Å². The van der Waals surface area contributed by atoms with Crippen LogP contribution in [0.1, 0.15) is 50.5 Å². The summed E-state index contributed by atoms with van der Waals surface area (Å²) in [6, 6.07) is 67.5. The minimum Gasteiger partial charge on any atom is -0.468 e. The summed E-state index contributed by atoms with van der Waals surface area (Å²) in [6.07, 6.45) is 1.36. The van der Waals surface area contributed by atoms with Crippen LogP contribution in [0, 0.1) is 13.8 Å². The van der Waals surface area contributed by atoms with Gasteiger partial charge >= 0.3 is 11.9 Å². The molecular weight excluding hydrogens is 969 g/mol. The molecule has 0 bridgehead atoms. The van der Waals surface area contributed by atoms with Crippen LogP contribution in [-0.4, -0.2) is 73.2 Å². The van der Waals surface area contributed by atoms with Gasteiger partial charge in [0.25, 0.3) is 10.0 Å². The van der Waals surface area contributed by atoms with Crippen molar-refractivity contribution in [1.29, 1.82) is 0 Å². The third-order valence-electron chi connectivity index (χ3n) is 11.0. The van der Waals surface area contributed by atoms with E-state index in [4.69, 9.17) is 9.73 Å². The van der Waals surface area contributed by atoms with Crippen molar-refractivity contribution in [3.05, 3.63) is 275 Å². The van der Waals surface area contributed by atoms with E-state index in [0.29, 0.717) is 11.3 Å². The molecule has 0 saturated heterocycles. The Morgan fingerprint density at radius 2 is 0.892 bits per heavy atom. The fourth-order valence-corrected chi connectivity index (χ4v) is 9.24. The number of hydrogen-bond donors (Lipinski definition) is 1. The molecule has 0 aliphatic heterocycles. The number of aliphatic imine (C=N–C) groups is 2. The number of esters is 2. The first-order valence-corrected chi connectivity index (χ1v) is 26.2. The summed E-state index contributed by atoms with van der Waals surface area (Å²) in [7, 11) is -4.98. The van der Waals surface area contributed by atoms with Gasteiger partial charge in [-0.25, -0.2) is 17.9 Å². The summed E-state index contributed by atoms with van der Waals surface area (Å²) in [5.74, 6) is -1.01. The Bertz CT molecular complexity index is 3260. The fraction of sp³-hybridized carbons (Fsp3) is 0.117. The Balaban J connectivity index is 0.000000201. The summed E-state index contributed by atoms with van der Waals surface area (Å²) in [4.78, 5) is 34.0. The highest BCUT2D eigenvalue weighted by molar-refractivity contribution is 7.90. The van der Waals surface area contributed by atoms with Crippen molar-refractivity contribution in [2.45, 2.75) is 35.7 Å². The van der Waals surface area contributed by atoms with Crippen molar-refractivity contribution in [3.63, 3.8) is 0 Å². The van der Waals surface area contributed by atoms with Crippen molar-refractivity contribution in [2.75, 3.05) is 20.8 Å². The first-order chi connectivity index (χ1) is 35.8. The van der Waals surface area contributed by atoms with Crippen LogP contribution in [0.4, 0.5) is 0 Å². The van der Waals surface area contributed by atoms with E-state index in [-0.39, 0.29) is 22.3 Å². The van der Waals surface area contributed by atoms with Gasteiger partial charge in [0.15, 0.2) is 6.04 Å². The molecule has 8 aromatic rings. The monoisotopic (exact) mass is 1020 g/mol. The van der Waals surface area contributed by atoms with Crippen LogP contribution in [-0.2, 0) is 39.1 Å². The second-order valence-electron chi connectivity index (χ2n) is 16.4. The molecule has 0 amide bonds. The minimum atomic E-state index is -4.00. The van der Waals surface area contributed by atoms with E-state index in [2.05, 4.69) is 18.8 Å². The zero-order valence-electron chi connectivity index (χ0n) is 41.3. The lowest BCUT2D eigenvalue weighted by Crippen LogP contribution is -2.40. The Labute approximate surface area is 434 Å². The van der Waals surface area contributed by atoms with Crippen LogP contribution in [0.3, 0.4) is 0 Å². The first-order valence-electron chi connectivity index (χ1n) is 23.3. The molecule has 0 saturated carbocycles. The number of carbonyl (C=O) groups excluding carboxylic acids is 2. The molecule has 8 aromatic carbocycles. The summed E-state index contributed by atoms with van der Waals surface area (Å²) in [5.41, 5.74) is 8.18. The number of sulfonamides is 2. The predicted octanol–water partition coefficient (Wildman–Crippen LogP) is 10.6. The van der Waals surface area contributed by atoms with Crippen molar-refractivity contribution >= 4 is 49.6 Å². The molecule has 0 spiro atoms. The van der Waals surface area contributed by atoms with Crippen molar-refractivity contribution in [1.82, 2.24) is 4.72 Å². The number of nitrogens with zero attached hydrogens (tertiary/aromatic N) is 3. The average molecular weight is 1030 g/mol. The molecular formula is C60H56N4O8S2. The molecule has 0 aliphatic rings. The van der Waals surface area contributed by atoms with Gasteiger partial charge in [-0.1, -0.05) is 217 Å². The topological polar surface area (TPSA) is 170 Å². The van der Waals surface area contributed by atoms with Gasteiger partial charge in [0.05, 0.1) is 41.5 Å². The molecule has 74 heavy (non-hydrogen) atoms. The maximum atomic E-state index is 13.5. The van der Waals surface area contributed by atoms with Gasteiger partial charge in [0.2, 0.25) is 10.0 Å². The zero-order valence-corrected chi connectivity index (χ0v) is 42.9. The summed E-state index contributed by atoms with van der Waals surface area (Å²) in [6.45, 7) is 3.81. The molecule has 8 rings (SSSR count).